The molecule has 0 bridgehead atoms. The monoisotopic (exact) mass is 263 g/mol. The molecule has 3 nitrogen and oxygen atoms in total. The first-order chi connectivity index (χ1) is 9.08. The normalized spacial score (nSPS) is 11.1. The first-order valence-electron chi connectivity index (χ1n) is 5.46. The number of nitrogen functional groups attached to an aromatic ring is 1. The number of H-pyrrole nitrogens is 1. The van der Waals surface area contributed by atoms with E-state index in [1.807, 2.05) is 0 Å². The molecule has 0 radical (unpaired) electrons. The van der Waals surface area contributed by atoms with E-state index in [0.29, 0.717) is 11.1 Å². The maximum atomic E-state index is 13.5. The zero-order valence-electron chi connectivity index (χ0n) is 9.55. The fraction of sp³-hybridized carbons (Fsp3) is 0. The van der Waals surface area contributed by atoms with Crippen molar-refractivity contribution in [3.05, 3.63) is 47.8 Å². The molecule has 6 heteroatoms. The molecule has 19 heavy (non-hydrogen) atoms. The van der Waals surface area contributed by atoms with Gasteiger partial charge in [0, 0.05) is 5.56 Å². The third-order valence-corrected chi connectivity index (χ3v) is 2.85. The Labute approximate surface area is 105 Å². The molecule has 0 atom stereocenters. The number of nitrogens with one attached hydrogen (secondary N) is 1. The summed E-state index contributed by atoms with van der Waals surface area (Å²) in [4.78, 5) is 6.71. The van der Waals surface area contributed by atoms with Crippen LogP contribution in [0.25, 0.3) is 22.4 Å². The highest BCUT2D eigenvalue weighted by molar-refractivity contribution is 5.83. The minimum atomic E-state index is -1.05. The zero-order chi connectivity index (χ0) is 13.6. The molecule has 0 saturated carbocycles. The van der Waals surface area contributed by atoms with Crippen LogP contribution in [0.5, 0.6) is 0 Å². The molecule has 0 amide bonds. The van der Waals surface area contributed by atoms with E-state index in [1.165, 1.54) is 18.2 Å². The minimum Gasteiger partial charge on any atom is -0.396 e. The predicted molar refractivity (Wildman–Crippen MR) is 65.8 cm³/mol. The number of nitrogens with zero attached hydrogens (tertiary/aromatic N) is 1. The third kappa shape index (κ3) is 1.72. The lowest BCUT2D eigenvalue weighted by atomic mass is 10.1. The van der Waals surface area contributed by atoms with E-state index in [4.69, 9.17) is 5.73 Å². The van der Waals surface area contributed by atoms with Gasteiger partial charge in [0.05, 0.1) is 11.2 Å². The number of imidazole rings is 1. The van der Waals surface area contributed by atoms with Crippen LogP contribution in [-0.2, 0) is 0 Å². The summed E-state index contributed by atoms with van der Waals surface area (Å²) in [5.74, 6) is -2.44. The Kier molecular flexibility index (Phi) is 2.45. The molecule has 96 valence electrons. The van der Waals surface area contributed by atoms with Crippen LogP contribution >= 0.6 is 0 Å². The molecule has 3 N–H and O–H groups in total. The SMILES string of the molecule is Nc1c(F)cccc1-c1nc2c(F)c(F)ccc2[nH]1. The van der Waals surface area contributed by atoms with Crippen LogP contribution < -0.4 is 5.73 Å². The number of hydrogen-bond acceptors (Lipinski definition) is 2. The number of hydrogen-bond donors (Lipinski definition) is 2. The number of benzene rings is 2. The van der Waals surface area contributed by atoms with Gasteiger partial charge in [-0.05, 0) is 24.3 Å². The smallest absolute Gasteiger partial charge is 0.186 e. The summed E-state index contributed by atoms with van der Waals surface area (Å²) >= 11 is 0. The molecule has 3 aromatic rings. The van der Waals surface area contributed by atoms with Gasteiger partial charge in [0.15, 0.2) is 11.6 Å². The molecule has 1 aromatic heterocycles. The maximum Gasteiger partial charge on any atom is 0.186 e. The van der Waals surface area contributed by atoms with Gasteiger partial charge in [-0.2, -0.15) is 0 Å². The number of fused-ring (bicyclic) bond motifs is 1. The average Bonchev–Trinajstić information content (AvgIpc) is 2.82. The molecular formula is C13H8F3N3. The van der Waals surface area contributed by atoms with E-state index in [1.54, 1.807) is 6.07 Å². The summed E-state index contributed by atoms with van der Waals surface area (Å²) in [7, 11) is 0. The first kappa shape index (κ1) is 11.6. The Balaban J connectivity index is 2.27. The van der Waals surface area contributed by atoms with Gasteiger partial charge in [-0.15, -0.1) is 0 Å². The van der Waals surface area contributed by atoms with Gasteiger partial charge in [0.25, 0.3) is 0 Å². The second-order valence-corrected chi connectivity index (χ2v) is 4.04. The Morgan fingerprint density at radius 1 is 1.00 bits per heavy atom. The maximum absolute atomic E-state index is 13.5. The Morgan fingerprint density at radius 2 is 1.79 bits per heavy atom. The van der Waals surface area contributed by atoms with Crippen molar-refractivity contribution in [2.45, 2.75) is 0 Å². The molecule has 0 fully saturated rings. The summed E-state index contributed by atoms with van der Waals surface area (Å²) in [6.45, 7) is 0. The van der Waals surface area contributed by atoms with Gasteiger partial charge >= 0.3 is 0 Å². The van der Waals surface area contributed by atoms with E-state index in [0.717, 1.165) is 6.07 Å². The van der Waals surface area contributed by atoms with E-state index < -0.39 is 17.5 Å². The van der Waals surface area contributed by atoms with Gasteiger partial charge in [-0.1, -0.05) is 6.07 Å². The Hall–Kier alpha value is -2.50. The third-order valence-electron chi connectivity index (χ3n) is 2.85. The Morgan fingerprint density at radius 3 is 2.58 bits per heavy atom. The lowest BCUT2D eigenvalue weighted by molar-refractivity contribution is 0.515. The molecule has 0 aliphatic rings. The van der Waals surface area contributed by atoms with E-state index in [2.05, 4.69) is 9.97 Å². The van der Waals surface area contributed by atoms with Crippen LogP contribution in [0.15, 0.2) is 30.3 Å². The van der Waals surface area contributed by atoms with Gasteiger partial charge < -0.3 is 10.7 Å². The highest BCUT2D eigenvalue weighted by Gasteiger charge is 2.15. The standard InChI is InChI=1S/C13H8F3N3/c14-7-4-5-9-12(10(7)16)19-13(18-9)6-2-1-3-8(15)11(6)17/h1-5H,17H2,(H,18,19). The van der Waals surface area contributed by atoms with E-state index in [9.17, 15) is 13.2 Å². The van der Waals surface area contributed by atoms with Crippen LogP contribution in [0.1, 0.15) is 0 Å². The number of aromatic nitrogens is 2. The summed E-state index contributed by atoms with van der Waals surface area (Å²) in [6.07, 6.45) is 0. The number of para-hydroxylation sites is 1. The predicted octanol–water partition coefficient (Wildman–Crippen LogP) is 3.23. The Bertz CT molecular complexity index is 780. The van der Waals surface area contributed by atoms with Crippen LogP contribution in [0.4, 0.5) is 18.9 Å². The minimum absolute atomic E-state index is 0.0950. The van der Waals surface area contributed by atoms with Crippen LogP contribution in [0.2, 0.25) is 0 Å². The van der Waals surface area contributed by atoms with Crippen molar-refractivity contribution < 1.29 is 13.2 Å². The van der Waals surface area contributed by atoms with Crippen molar-refractivity contribution in [2.24, 2.45) is 0 Å². The molecule has 1 heterocycles. The lowest BCUT2D eigenvalue weighted by Crippen LogP contribution is -1.94. The zero-order valence-corrected chi connectivity index (χ0v) is 9.55. The van der Waals surface area contributed by atoms with Gasteiger partial charge in [-0.25, -0.2) is 18.2 Å². The summed E-state index contributed by atoms with van der Waals surface area (Å²) in [5.41, 5.74) is 5.99. The van der Waals surface area contributed by atoms with Crippen LogP contribution in [-0.4, -0.2) is 9.97 Å². The van der Waals surface area contributed by atoms with Crippen molar-refractivity contribution in [1.82, 2.24) is 9.97 Å². The van der Waals surface area contributed by atoms with E-state index >= 15 is 0 Å². The number of anilines is 1. The van der Waals surface area contributed by atoms with Crippen molar-refractivity contribution in [3.63, 3.8) is 0 Å². The molecule has 2 aromatic carbocycles. The molecule has 0 aliphatic heterocycles. The van der Waals surface area contributed by atoms with Crippen LogP contribution in [0.3, 0.4) is 0 Å². The molecule has 3 rings (SSSR count). The number of aromatic amines is 1. The van der Waals surface area contributed by atoms with Crippen LogP contribution in [0, 0.1) is 17.5 Å². The molecule has 0 unspecified atom stereocenters. The number of rotatable bonds is 1. The fourth-order valence-electron chi connectivity index (χ4n) is 1.89. The van der Waals surface area contributed by atoms with Crippen molar-refractivity contribution in [3.8, 4) is 11.4 Å². The first-order valence-corrected chi connectivity index (χ1v) is 5.46. The summed E-state index contributed by atoms with van der Waals surface area (Å²) in [5, 5.41) is 0. The lowest BCUT2D eigenvalue weighted by Gasteiger charge is -2.02. The highest BCUT2D eigenvalue weighted by atomic mass is 19.2. The second kappa shape index (κ2) is 4.01. The topological polar surface area (TPSA) is 54.7 Å². The molecule has 0 saturated heterocycles. The molecule has 0 spiro atoms. The average molecular weight is 263 g/mol. The largest absolute Gasteiger partial charge is 0.396 e. The molecular weight excluding hydrogens is 255 g/mol. The van der Waals surface area contributed by atoms with Gasteiger partial charge in [-0.3, -0.25) is 0 Å². The molecule has 0 aliphatic carbocycles. The number of nitrogens with two attached hydrogens (primary N) is 1. The van der Waals surface area contributed by atoms with Crippen molar-refractivity contribution in [2.75, 3.05) is 5.73 Å². The van der Waals surface area contributed by atoms with Crippen molar-refractivity contribution >= 4 is 16.7 Å². The second-order valence-electron chi connectivity index (χ2n) is 4.04. The van der Waals surface area contributed by atoms with Gasteiger partial charge in [0.2, 0.25) is 0 Å². The van der Waals surface area contributed by atoms with E-state index in [-0.39, 0.29) is 17.0 Å². The summed E-state index contributed by atoms with van der Waals surface area (Å²) < 4.78 is 40.0. The highest BCUT2D eigenvalue weighted by Crippen LogP contribution is 2.28. The number of halogens is 3. The van der Waals surface area contributed by atoms with Gasteiger partial charge in [0.1, 0.15) is 17.2 Å². The summed E-state index contributed by atoms with van der Waals surface area (Å²) in [6, 6.07) is 6.57. The quantitative estimate of drug-likeness (QED) is 0.662. The fourth-order valence-corrected chi connectivity index (χ4v) is 1.89. The van der Waals surface area contributed by atoms with Crippen molar-refractivity contribution in [1.29, 1.82) is 0 Å².